The number of hydrogen-bond donors (Lipinski definition) is 1. The highest BCUT2D eigenvalue weighted by Crippen LogP contribution is 2.17. The average molecular weight is 381 g/mol. The van der Waals surface area contributed by atoms with Gasteiger partial charge in [-0.05, 0) is 18.2 Å². The zero-order chi connectivity index (χ0) is 18.8. The van der Waals surface area contributed by atoms with Crippen LogP contribution in [0, 0.1) is 0 Å². The normalized spacial score (nSPS) is 10.9. The molecule has 0 aliphatic rings. The zero-order valence-electron chi connectivity index (χ0n) is 13.9. The Labute approximate surface area is 158 Å². The van der Waals surface area contributed by atoms with Crippen molar-refractivity contribution in [3.8, 4) is 5.88 Å². The Kier molecular flexibility index (Phi) is 4.39. The van der Waals surface area contributed by atoms with Crippen molar-refractivity contribution in [2.75, 3.05) is 5.32 Å². The average Bonchev–Trinajstić information content (AvgIpc) is 2.96. The minimum absolute atomic E-state index is 0.0146. The molecule has 134 valence electrons. The minimum Gasteiger partial charge on any atom is -0.839 e. The van der Waals surface area contributed by atoms with Crippen molar-refractivity contribution in [1.82, 2.24) is 19.4 Å². The van der Waals surface area contributed by atoms with Gasteiger partial charge in [-0.25, -0.2) is 19.5 Å². The van der Waals surface area contributed by atoms with Crippen molar-refractivity contribution in [1.29, 1.82) is 0 Å². The topological polar surface area (TPSA) is 99.1 Å². The number of carbonyl (C=O) groups is 1. The third kappa shape index (κ3) is 3.30. The van der Waals surface area contributed by atoms with Crippen LogP contribution in [0.2, 0.25) is 5.02 Å². The van der Waals surface area contributed by atoms with Gasteiger partial charge in [-0.3, -0.25) is 4.79 Å². The first-order valence-electron chi connectivity index (χ1n) is 8.00. The molecule has 27 heavy (non-hydrogen) atoms. The molecule has 4 aromatic heterocycles. The van der Waals surface area contributed by atoms with Crippen molar-refractivity contribution in [3.05, 3.63) is 77.7 Å². The maximum Gasteiger partial charge on any atom is 0.300 e. The highest BCUT2D eigenvalue weighted by Gasteiger charge is 2.25. The van der Waals surface area contributed by atoms with E-state index >= 15 is 0 Å². The summed E-state index contributed by atoms with van der Waals surface area (Å²) in [5.74, 6) is -0.673. The smallest absolute Gasteiger partial charge is 0.300 e. The van der Waals surface area contributed by atoms with Crippen LogP contribution in [0.1, 0.15) is 16.1 Å². The molecule has 0 spiro atoms. The Balaban J connectivity index is 1.75. The molecule has 0 aliphatic heterocycles. The number of nitrogens with zero attached hydrogens (tertiary/aromatic N) is 5. The highest BCUT2D eigenvalue weighted by molar-refractivity contribution is 6.30. The number of anilines is 1. The summed E-state index contributed by atoms with van der Waals surface area (Å²) in [6.45, 7) is 0.250. The standard InChI is InChI=1S/C18H13ClN6O2/c19-13-4-5-14(22-9-13)23-17(26)16-18(27)25(10-12-7-20-11-21-8-12)15-3-1-2-6-24(15)16/h1-9,11H,10H2,(H-,22,23,26,27). The largest absolute Gasteiger partial charge is 0.839 e. The second-order valence-electron chi connectivity index (χ2n) is 5.73. The number of hydrogen-bond acceptors (Lipinski definition) is 5. The Bertz CT molecular complexity index is 1110. The summed E-state index contributed by atoms with van der Waals surface area (Å²) in [4.78, 5) is 24.7. The van der Waals surface area contributed by atoms with Crippen molar-refractivity contribution in [2.45, 2.75) is 6.54 Å². The Hall–Kier alpha value is -3.52. The van der Waals surface area contributed by atoms with Crippen LogP contribution in [0.15, 0.2) is 61.4 Å². The van der Waals surface area contributed by atoms with E-state index < -0.39 is 11.8 Å². The lowest BCUT2D eigenvalue weighted by atomic mass is 10.3. The van der Waals surface area contributed by atoms with Crippen molar-refractivity contribution >= 4 is 29.0 Å². The second kappa shape index (κ2) is 7.00. The summed E-state index contributed by atoms with van der Waals surface area (Å²) in [7, 11) is 0. The van der Waals surface area contributed by atoms with E-state index in [2.05, 4.69) is 20.3 Å². The van der Waals surface area contributed by atoms with E-state index in [9.17, 15) is 9.90 Å². The van der Waals surface area contributed by atoms with Gasteiger partial charge in [0, 0.05) is 30.2 Å². The van der Waals surface area contributed by atoms with Crippen molar-refractivity contribution < 1.29 is 14.5 Å². The van der Waals surface area contributed by atoms with Crippen LogP contribution in [-0.2, 0) is 6.54 Å². The fourth-order valence-electron chi connectivity index (χ4n) is 2.76. The molecule has 1 amide bonds. The molecule has 8 nitrogen and oxygen atoms in total. The van der Waals surface area contributed by atoms with E-state index in [1.165, 1.54) is 17.1 Å². The maximum absolute atomic E-state index is 13.0. The fraction of sp³-hybridized carbons (Fsp3) is 0.0556. The zero-order valence-corrected chi connectivity index (χ0v) is 14.7. The molecule has 4 rings (SSSR count). The molecule has 0 radical (unpaired) electrons. The van der Waals surface area contributed by atoms with Crippen LogP contribution in [0.3, 0.4) is 0 Å². The predicted molar refractivity (Wildman–Crippen MR) is 95.4 cm³/mol. The predicted octanol–water partition coefficient (Wildman–Crippen LogP) is 1.44. The number of amides is 1. The number of aromatic nitrogens is 5. The van der Waals surface area contributed by atoms with Gasteiger partial charge in [0.15, 0.2) is 0 Å². The lowest BCUT2D eigenvalue weighted by molar-refractivity contribution is -0.704. The summed E-state index contributed by atoms with van der Waals surface area (Å²) in [5, 5.41) is 16.1. The van der Waals surface area contributed by atoms with Gasteiger partial charge in [0.05, 0.1) is 11.2 Å². The number of rotatable bonds is 4. The molecule has 0 saturated heterocycles. The van der Waals surface area contributed by atoms with Gasteiger partial charge in [-0.1, -0.05) is 17.7 Å². The van der Waals surface area contributed by atoms with Gasteiger partial charge >= 0.3 is 0 Å². The van der Waals surface area contributed by atoms with Gasteiger partial charge in [-0.2, -0.15) is 4.40 Å². The molecule has 0 fully saturated rings. The molecule has 4 heterocycles. The van der Waals surface area contributed by atoms with E-state index in [-0.39, 0.29) is 12.2 Å². The first kappa shape index (κ1) is 16.9. The van der Waals surface area contributed by atoms with Gasteiger partial charge in [0.25, 0.3) is 11.6 Å². The van der Waals surface area contributed by atoms with Gasteiger partial charge in [0.1, 0.15) is 24.6 Å². The lowest BCUT2D eigenvalue weighted by Crippen LogP contribution is -2.37. The van der Waals surface area contributed by atoms with E-state index in [4.69, 9.17) is 11.6 Å². The number of carbonyl (C=O) groups excluding carboxylic acids is 1. The third-order valence-electron chi connectivity index (χ3n) is 3.94. The van der Waals surface area contributed by atoms with Crippen LogP contribution in [0.5, 0.6) is 5.88 Å². The molecule has 0 atom stereocenters. The maximum atomic E-state index is 13.0. The quantitative estimate of drug-likeness (QED) is 0.540. The SMILES string of the molecule is O=C(Nc1ccc(Cl)cn1)c1c([O-])[n+](Cc2cncnc2)c2ccccn12. The monoisotopic (exact) mass is 380 g/mol. The minimum atomic E-state index is -0.556. The molecule has 9 heteroatoms. The van der Waals surface area contributed by atoms with Gasteiger partial charge in [-0.15, -0.1) is 0 Å². The van der Waals surface area contributed by atoms with Crippen molar-refractivity contribution in [3.63, 3.8) is 0 Å². The summed E-state index contributed by atoms with van der Waals surface area (Å²) in [6, 6.07) is 8.49. The number of pyridine rings is 2. The molecule has 0 saturated carbocycles. The van der Waals surface area contributed by atoms with Gasteiger partial charge < -0.3 is 10.4 Å². The molecular formula is C18H13ClN6O2. The first-order chi connectivity index (χ1) is 13.1. The second-order valence-corrected chi connectivity index (χ2v) is 6.17. The van der Waals surface area contributed by atoms with Crippen LogP contribution >= 0.6 is 11.6 Å². The Morgan fingerprint density at radius 2 is 2.00 bits per heavy atom. The summed E-state index contributed by atoms with van der Waals surface area (Å²) >= 11 is 5.81. The Morgan fingerprint density at radius 1 is 1.19 bits per heavy atom. The fourth-order valence-corrected chi connectivity index (χ4v) is 2.87. The van der Waals surface area contributed by atoms with Crippen molar-refractivity contribution in [2.24, 2.45) is 0 Å². The highest BCUT2D eigenvalue weighted by atomic mass is 35.5. The molecule has 0 aromatic carbocycles. The lowest BCUT2D eigenvalue weighted by Gasteiger charge is -2.07. The molecule has 4 aromatic rings. The van der Waals surface area contributed by atoms with Crippen LogP contribution in [-0.4, -0.2) is 25.3 Å². The number of imidazole rings is 1. The number of fused-ring (bicyclic) bond motifs is 1. The third-order valence-corrected chi connectivity index (χ3v) is 4.17. The molecular weight excluding hydrogens is 368 g/mol. The van der Waals surface area contributed by atoms with E-state index in [0.29, 0.717) is 16.5 Å². The summed E-state index contributed by atoms with van der Waals surface area (Å²) in [5.41, 5.74) is 1.32. The van der Waals surface area contributed by atoms with Crippen LogP contribution < -0.4 is 15.0 Å². The molecule has 0 bridgehead atoms. The van der Waals surface area contributed by atoms with Crippen LogP contribution in [0.4, 0.5) is 5.82 Å². The summed E-state index contributed by atoms with van der Waals surface area (Å²) in [6.07, 6.45) is 7.76. The first-order valence-corrected chi connectivity index (χ1v) is 8.38. The number of nitrogens with one attached hydrogen (secondary N) is 1. The Morgan fingerprint density at radius 3 is 2.74 bits per heavy atom. The van der Waals surface area contributed by atoms with E-state index in [1.807, 2.05) is 0 Å². The van der Waals surface area contributed by atoms with Crippen LogP contribution in [0.25, 0.3) is 5.65 Å². The van der Waals surface area contributed by atoms with Gasteiger partial charge in [0.2, 0.25) is 5.69 Å². The van der Waals surface area contributed by atoms with E-state index in [1.54, 1.807) is 53.3 Å². The summed E-state index contributed by atoms with van der Waals surface area (Å²) < 4.78 is 3.06. The molecule has 1 N–H and O–H groups in total. The molecule has 0 unspecified atom stereocenters. The number of halogens is 1. The molecule has 0 aliphatic carbocycles. The van der Waals surface area contributed by atoms with E-state index in [0.717, 1.165) is 5.56 Å².